The average Bonchev–Trinajstić information content (AvgIpc) is 3.17. The van der Waals surface area contributed by atoms with Crippen molar-refractivity contribution in [1.82, 2.24) is 15.2 Å². The minimum absolute atomic E-state index is 0.0420. The second kappa shape index (κ2) is 8.88. The molecule has 1 N–H and O–H groups in total. The van der Waals surface area contributed by atoms with Gasteiger partial charge in [-0.3, -0.25) is 9.59 Å². The molecule has 1 fully saturated rings. The first kappa shape index (κ1) is 20.4. The van der Waals surface area contributed by atoms with E-state index in [0.29, 0.717) is 24.0 Å². The summed E-state index contributed by atoms with van der Waals surface area (Å²) in [5.41, 5.74) is 2.42. The van der Waals surface area contributed by atoms with Crippen LogP contribution in [0.3, 0.4) is 0 Å². The van der Waals surface area contributed by atoms with Gasteiger partial charge in [0.2, 0.25) is 11.8 Å². The van der Waals surface area contributed by atoms with Gasteiger partial charge in [0.05, 0.1) is 12.5 Å². The number of carbonyl (C=O) groups excluding carboxylic acids is 2. The number of hydrogen-bond donors (Lipinski definition) is 1. The van der Waals surface area contributed by atoms with Crippen molar-refractivity contribution in [1.29, 1.82) is 0 Å². The van der Waals surface area contributed by atoms with Gasteiger partial charge in [0.25, 0.3) is 0 Å². The molecule has 2 aromatic carbocycles. The van der Waals surface area contributed by atoms with Crippen LogP contribution in [0.2, 0.25) is 5.02 Å². The number of hydrogen-bond acceptors (Lipinski definition) is 4. The largest absolute Gasteiger partial charge is 0.440 e. The molecule has 30 heavy (non-hydrogen) atoms. The van der Waals surface area contributed by atoms with Crippen LogP contribution >= 0.6 is 11.6 Å². The molecule has 1 unspecified atom stereocenters. The van der Waals surface area contributed by atoms with Crippen LogP contribution in [0.25, 0.3) is 11.1 Å². The monoisotopic (exact) mass is 425 g/mol. The summed E-state index contributed by atoms with van der Waals surface area (Å²) in [4.78, 5) is 31.0. The molecule has 1 aliphatic heterocycles. The maximum Gasteiger partial charge on any atom is 0.224 e. The van der Waals surface area contributed by atoms with E-state index in [1.165, 1.54) is 6.92 Å². The molecule has 0 radical (unpaired) electrons. The van der Waals surface area contributed by atoms with Crippen LogP contribution < -0.4 is 5.32 Å². The molecule has 2 heterocycles. The quantitative estimate of drug-likeness (QED) is 0.655. The van der Waals surface area contributed by atoms with E-state index < -0.39 is 0 Å². The summed E-state index contributed by atoms with van der Waals surface area (Å²) < 4.78 is 5.90. The van der Waals surface area contributed by atoms with Gasteiger partial charge < -0.3 is 14.6 Å². The Labute approximate surface area is 180 Å². The number of piperidine rings is 1. The van der Waals surface area contributed by atoms with E-state index in [9.17, 15) is 9.59 Å². The molecule has 156 valence electrons. The normalized spacial score (nSPS) is 15.9. The molecular weight excluding hydrogens is 402 g/mol. The maximum atomic E-state index is 12.9. The Bertz CT molecular complexity index is 1040. The predicted octanol–water partition coefficient (Wildman–Crippen LogP) is 4.45. The lowest BCUT2D eigenvalue weighted by atomic mass is 9.95. The first-order valence-corrected chi connectivity index (χ1v) is 10.5. The number of nitrogens with one attached hydrogen (secondary N) is 1. The van der Waals surface area contributed by atoms with E-state index in [4.69, 9.17) is 16.0 Å². The molecule has 0 spiro atoms. The van der Waals surface area contributed by atoms with E-state index in [-0.39, 0.29) is 30.2 Å². The van der Waals surface area contributed by atoms with Gasteiger partial charge in [-0.05, 0) is 36.6 Å². The molecule has 6 nitrogen and oxygen atoms in total. The maximum absolute atomic E-state index is 12.9. The van der Waals surface area contributed by atoms with Crippen LogP contribution in [0.5, 0.6) is 0 Å². The summed E-state index contributed by atoms with van der Waals surface area (Å²) in [6.07, 6.45) is 1.83. The van der Waals surface area contributed by atoms with E-state index in [2.05, 4.69) is 10.3 Å². The van der Waals surface area contributed by atoms with Crippen LogP contribution in [0.4, 0.5) is 0 Å². The molecule has 0 bridgehead atoms. The third-order valence-corrected chi connectivity index (χ3v) is 5.76. The molecule has 1 aliphatic rings. The highest BCUT2D eigenvalue weighted by atomic mass is 35.5. The average molecular weight is 426 g/mol. The number of rotatable bonds is 5. The van der Waals surface area contributed by atoms with Gasteiger partial charge in [0.1, 0.15) is 5.52 Å². The summed E-state index contributed by atoms with van der Waals surface area (Å²) in [6, 6.07) is 14.7. The summed E-state index contributed by atoms with van der Waals surface area (Å²) in [5.74, 6) is 0.784. The van der Waals surface area contributed by atoms with Crippen LogP contribution in [0.15, 0.2) is 52.9 Å². The minimum atomic E-state index is -0.323. The molecule has 1 aromatic heterocycles. The second-order valence-electron chi connectivity index (χ2n) is 7.69. The van der Waals surface area contributed by atoms with Crippen molar-refractivity contribution in [2.45, 2.75) is 38.1 Å². The van der Waals surface area contributed by atoms with Gasteiger partial charge in [-0.2, -0.15) is 0 Å². The standard InChI is InChI=1S/C23H24ClN3O3/c1-15(28)25-19(16-5-3-2-4-6-16)14-22(29)27-11-9-17(10-12-27)23-26-20-13-18(24)7-8-21(20)30-23/h2-8,13,17,19H,9-12,14H2,1H3,(H,25,28). The Morgan fingerprint density at radius 2 is 1.93 bits per heavy atom. The molecule has 1 saturated heterocycles. The number of oxazole rings is 1. The number of likely N-dealkylation sites (tertiary alicyclic amines) is 1. The molecule has 3 aromatic rings. The van der Waals surface area contributed by atoms with Crippen LogP contribution in [-0.4, -0.2) is 34.8 Å². The fourth-order valence-corrected chi connectivity index (χ4v) is 4.12. The topological polar surface area (TPSA) is 75.4 Å². The summed E-state index contributed by atoms with van der Waals surface area (Å²) in [7, 11) is 0. The zero-order chi connectivity index (χ0) is 21.1. The van der Waals surface area contributed by atoms with Crippen LogP contribution in [0.1, 0.15) is 49.6 Å². The number of amides is 2. The molecule has 0 saturated carbocycles. The molecular formula is C23H24ClN3O3. The Balaban J connectivity index is 1.38. The number of benzene rings is 2. The zero-order valence-corrected chi connectivity index (χ0v) is 17.6. The van der Waals surface area contributed by atoms with Crippen molar-refractivity contribution < 1.29 is 14.0 Å². The lowest BCUT2D eigenvalue weighted by Crippen LogP contribution is -2.40. The molecule has 1 atom stereocenters. The second-order valence-corrected chi connectivity index (χ2v) is 8.12. The van der Waals surface area contributed by atoms with Crippen molar-refractivity contribution in [3.05, 3.63) is 65.0 Å². The lowest BCUT2D eigenvalue weighted by molar-refractivity contribution is -0.133. The molecule has 4 rings (SSSR count). The highest BCUT2D eigenvalue weighted by Gasteiger charge is 2.28. The van der Waals surface area contributed by atoms with E-state index in [1.807, 2.05) is 41.3 Å². The lowest BCUT2D eigenvalue weighted by Gasteiger charge is -2.32. The number of halogens is 1. The van der Waals surface area contributed by atoms with Crippen molar-refractivity contribution in [2.75, 3.05) is 13.1 Å². The minimum Gasteiger partial charge on any atom is -0.440 e. The molecule has 0 aliphatic carbocycles. The van der Waals surface area contributed by atoms with Gasteiger partial charge in [-0.25, -0.2) is 4.98 Å². The van der Waals surface area contributed by atoms with Crippen molar-refractivity contribution in [2.24, 2.45) is 0 Å². The Morgan fingerprint density at radius 1 is 1.20 bits per heavy atom. The van der Waals surface area contributed by atoms with Crippen molar-refractivity contribution in [3.8, 4) is 0 Å². The Kier molecular flexibility index (Phi) is 6.04. The van der Waals surface area contributed by atoms with Gasteiger partial charge in [0.15, 0.2) is 11.5 Å². The van der Waals surface area contributed by atoms with Gasteiger partial charge in [-0.1, -0.05) is 41.9 Å². The summed E-state index contributed by atoms with van der Waals surface area (Å²) >= 11 is 6.03. The first-order chi connectivity index (χ1) is 14.5. The number of aromatic nitrogens is 1. The Morgan fingerprint density at radius 3 is 2.63 bits per heavy atom. The van der Waals surface area contributed by atoms with E-state index >= 15 is 0 Å². The summed E-state index contributed by atoms with van der Waals surface area (Å²) in [6.45, 7) is 2.76. The number of carbonyl (C=O) groups is 2. The van der Waals surface area contributed by atoms with Gasteiger partial charge >= 0.3 is 0 Å². The third kappa shape index (κ3) is 4.65. The van der Waals surface area contributed by atoms with Crippen LogP contribution in [0, 0.1) is 0 Å². The van der Waals surface area contributed by atoms with E-state index in [0.717, 1.165) is 29.5 Å². The summed E-state index contributed by atoms with van der Waals surface area (Å²) in [5, 5.41) is 3.53. The fraction of sp³-hybridized carbons (Fsp3) is 0.348. The number of fused-ring (bicyclic) bond motifs is 1. The van der Waals surface area contributed by atoms with Gasteiger partial charge in [-0.15, -0.1) is 0 Å². The highest BCUT2D eigenvalue weighted by Crippen LogP contribution is 2.31. The smallest absolute Gasteiger partial charge is 0.224 e. The highest BCUT2D eigenvalue weighted by molar-refractivity contribution is 6.31. The zero-order valence-electron chi connectivity index (χ0n) is 16.8. The third-order valence-electron chi connectivity index (χ3n) is 5.52. The SMILES string of the molecule is CC(=O)NC(CC(=O)N1CCC(c2nc3cc(Cl)ccc3o2)CC1)c1ccccc1. The van der Waals surface area contributed by atoms with E-state index in [1.54, 1.807) is 12.1 Å². The molecule has 7 heteroatoms. The fourth-order valence-electron chi connectivity index (χ4n) is 3.96. The predicted molar refractivity (Wildman–Crippen MR) is 115 cm³/mol. The first-order valence-electron chi connectivity index (χ1n) is 10.2. The van der Waals surface area contributed by atoms with Crippen LogP contribution in [-0.2, 0) is 9.59 Å². The van der Waals surface area contributed by atoms with Gasteiger partial charge in [0, 0.05) is 31.0 Å². The molecule has 2 amide bonds. The number of nitrogens with zero attached hydrogens (tertiary/aromatic N) is 2. The van der Waals surface area contributed by atoms with Crippen molar-refractivity contribution >= 4 is 34.5 Å². The van der Waals surface area contributed by atoms with Crippen molar-refractivity contribution in [3.63, 3.8) is 0 Å². The Hall–Kier alpha value is -2.86.